The monoisotopic (exact) mass is 353 g/mol. The summed E-state index contributed by atoms with van der Waals surface area (Å²) in [4.78, 5) is 25.9. The van der Waals surface area contributed by atoms with Gasteiger partial charge in [0.2, 0.25) is 0 Å². The Bertz CT molecular complexity index is 754. The molecule has 0 aliphatic carbocycles. The second-order valence-electron chi connectivity index (χ2n) is 6.15. The molecule has 0 amide bonds. The van der Waals surface area contributed by atoms with Crippen LogP contribution in [0.3, 0.4) is 0 Å². The Morgan fingerprint density at radius 3 is 2.40 bits per heavy atom. The van der Waals surface area contributed by atoms with Crippen LogP contribution in [0.15, 0.2) is 35.6 Å². The van der Waals surface area contributed by atoms with E-state index in [0.29, 0.717) is 19.2 Å². The molecule has 0 atom stereocenters. The van der Waals surface area contributed by atoms with Crippen molar-refractivity contribution in [3.05, 3.63) is 52.7 Å². The summed E-state index contributed by atoms with van der Waals surface area (Å²) >= 11 is 0. The summed E-state index contributed by atoms with van der Waals surface area (Å²) in [5, 5.41) is 0. The normalized spacial score (nSPS) is 16.9. The lowest BCUT2D eigenvalue weighted by Gasteiger charge is -2.31. The van der Waals surface area contributed by atoms with E-state index in [1.165, 1.54) is 4.57 Å². The minimum Gasteiger partial charge on any atom is -0.299 e. The van der Waals surface area contributed by atoms with E-state index in [0.717, 1.165) is 38.1 Å². The first-order chi connectivity index (χ1) is 11.9. The molecule has 1 aliphatic rings. The predicted octanol–water partition coefficient (Wildman–Crippen LogP) is 1.96. The quantitative estimate of drug-likeness (QED) is 0.841. The Hall–Kier alpha value is -2.29. The maximum Gasteiger partial charge on any atom is 0.433 e. The average Bonchev–Trinajstić information content (AvgIpc) is 2.58. The molecule has 0 aromatic carbocycles. The van der Waals surface area contributed by atoms with E-state index in [2.05, 4.69) is 19.9 Å². The highest BCUT2D eigenvalue weighted by molar-refractivity contribution is 5.03. The standard InChI is InChI=1S/C16H18F3N5O/c17-16(18,19)13-8-15(25)24(11-22-13)9-12-2-6-23(7-3-12)10-14-20-4-1-5-21-14/h1,4-5,8,11-12H,2-3,6-7,9-10H2. The summed E-state index contributed by atoms with van der Waals surface area (Å²) in [6.45, 7) is 2.74. The highest BCUT2D eigenvalue weighted by atomic mass is 19.4. The van der Waals surface area contributed by atoms with E-state index in [9.17, 15) is 18.0 Å². The molecule has 0 radical (unpaired) electrons. The van der Waals surface area contributed by atoms with Crippen LogP contribution in [0.2, 0.25) is 0 Å². The van der Waals surface area contributed by atoms with Crippen LogP contribution in [0.4, 0.5) is 13.2 Å². The molecule has 25 heavy (non-hydrogen) atoms. The molecule has 0 N–H and O–H groups in total. The Balaban J connectivity index is 1.55. The third kappa shape index (κ3) is 4.62. The number of nitrogens with zero attached hydrogens (tertiary/aromatic N) is 5. The van der Waals surface area contributed by atoms with Gasteiger partial charge in [-0.15, -0.1) is 0 Å². The Kier molecular flexibility index (Phi) is 5.12. The number of halogens is 3. The molecule has 0 saturated carbocycles. The summed E-state index contributed by atoms with van der Waals surface area (Å²) in [5.41, 5.74) is -1.81. The number of likely N-dealkylation sites (tertiary alicyclic amines) is 1. The molecule has 1 fully saturated rings. The molecule has 134 valence electrons. The van der Waals surface area contributed by atoms with Crippen molar-refractivity contribution in [2.24, 2.45) is 5.92 Å². The van der Waals surface area contributed by atoms with E-state index in [-0.39, 0.29) is 5.92 Å². The Morgan fingerprint density at radius 2 is 1.80 bits per heavy atom. The van der Waals surface area contributed by atoms with Crippen molar-refractivity contribution in [1.29, 1.82) is 0 Å². The fraction of sp³-hybridized carbons (Fsp3) is 0.500. The van der Waals surface area contributed by atoms with Crippen LogP contribution in [-0.4, -0.2) is 37.5 Å². The highest BCUT2D eigenvalue weighted by Crippen LogP contribution is 2.26. The summed E-state index contributed by atoms with van der Waals surface area (Å²) in [5.74, 6) is 1.01. The number of hydrogen-bond acceptors (Lipinski definition) is 5. The third-order valence-electron chi connectivity index (χ3n) is 4.32. The van der Waals surface area contributed by atoms with Gasteiger partial charge in [0.25, 0.3) is 5.56 Å². The van der Waals surface area contributed by atoms with E-state index in [4.69, 9.17) is 0 Å². The molecule has 2 aromatic rings. The number of alkyl halides is 3. The van der Waals surface area contributed by atoms with Gasteiger partial charge in [0.1, 0.15) is 5.82 Å². The van der Waals surface area contributed by atoms with Crippen LogP contribution in [0.1, 0.15) is 24.4 Å². The van der Waals surface area contributed by atoms with Gasteiger partial charge < -0.3 is 0 Å². The molecule has 3 rings (SSSR count). The number of aromatic nitrogens is 4. The summed E-state index contributed by atoms with van der Waals surface area (Å²) in [6.07, 6.45) is 1.54. The van der Waals surface area contributed by atoms with Gasteiger partial charge in [0, 0.05) is 25.0 Å². The second-order valence-corrected chi connectivity index (χ2v) is 6.15. The lowest BCUT2D eigenvalue weighted by atomic mass is 9.96. The van der Waals surface area contributed by atoms with E-state index in [1.807, 2.05) is 0 Å². The lowest BCUT2D eigenvalue weighted by molar-refractivity contribution is -0.141. The summed E-state index contributed by atoms with van der Waals surface area (Å²) < 4.78 is 38.9. The van der Waals surface area contributed by atoms with E-state index in [1.54, 1.807) is 18.5 Å². The molecule has 3 heterocycles. The summed E-state index contributed by atoms with van der Waals surface area (Å²) in [6, 6.07) is 2.33. The zero-order valence-corrected chi connectivity index (χ0v) is 13.5. The fourth-order valence-corrected chi connectivity index (χ4v) is 2.93. The van der Waals surface area contributed by atoms with Crippen LogP contribution < -0.4 is 5.56 Å². The number of rotatable bonds is 4. The largest absolute Gasteiger partial charge is 0.433 e. The first kappa shape index (κ1) is 17.5. The van der Waals surface area contributed by atoms with Gasteiger partial charge in [-0.25, -0.2) is 15.0 Å². The lowest BCUT2D eigenvalue weighted by Crippen LogP contribution is -2.36. The van der Waals surface area contributed by atoms with Crippen LogP contribution in [-0.2, 0) is 19.3 Å². The number of piperidine rings is 1. The molecular formula is C16H18F3N5O. The average molecular weight is 353 g/mol. The molecule has 0 bridgehead atoms. The minimum absolute atomic E-state index is 0.240. The maximum absolute atomic E-state index is 12.6. The maximum atomic E-state index is 12.6. The van der Waals surface area contributed by atoms with E-state index >= 15 is 0 Å². The zero-order valence-electron chi connectivity index (χ0n) is 13.5. The second kappa shape index (κ2) is 7.30. The Labute approximate surface area is 142 Å². The van der Waals surface area contributed by atoms with E-state index < -0.39 is 17.4 Å². The van der Waals surface area contributed by atoms with Gasteiger partial charge in [-0.2, -0.15) is 13.2 Å². The minimum atomic E-state index is -4.59. The molecule has 1 aliphatic heterocycles. The zero-order chi connectivity index (χ0) is 17.9. The molecule has 6 nitrogen and oxygen atoms in total. The summed E-state index contributed by atoms with van der Waals surface area (Å²) in [7, 11) is 0. The highest BCUT2D eigenvalue weighted by Gasteiger charge is 2.33. The molecule has 1 saturated heterocycles. The van der Waals surface area contributed by atoms with Crippen molar-refractivity contribution in [3.8, 4) is 0 Å². The Morgan fingerprint density at radius 1 is 1.12 bits per heavy atom. The molecule has 0 unspecified atom stereocenters. The van der Waals surface area contributed by atoms with Crippen molar-refractivity contribution >= 4 is 0 Å². The van der Waals surface area contributed by atoms with Crippen LogP contribution in [0.25, 0.3) is 0 Å². The van der Waals surface area contributed by atoms with Gasteiger partial charge in [0.05, 0.1) is 12.9 Å². The van der Waals surface area contributed by atoms with Crippen molar-refractivity contribution in [1.82, 2.24) is 24.4 Å². The number of hydrogen-bond donors (Lipinski definition) is 0. The molecular weight excluding hydrogens is 335 g/mol. The van der Waals surface area contributed by atoms with Crippen molar-refractivity contribution in [2.45, 2.75) is 32.1 Å². The smallest absolute Gasteiger partial charge is 0.299 e. The van der Waals surface area contributed by atoms with Crippen molar-refractivity contribution < 1.29 is 13.2 Å². The topological polar surface area (TPSA) is 63.9 Å². The van der Waals surface area contributed by atoms with Crippen molar-refractivity contribution in [2.75, 3.05) is 13.1 Å². The van der Waals surface area contributed by atoms with Crippen LogP contribution in [0.5, 0.6) is 0 Å². The van der Waals surface area contributed by atoms with Crippen LogP contribution in [0, 0.1) is 5.92 Å². The molecule has 2 aromatic heterocycles. The predicted molar refractivity (Wildman–Crippen MR) is 83.5 cm³/mol. The van der Waals surface area contributed by atoms with Crippen molar-refractivity contribution in [3.63, 3.8) is 0 Å². The molecule has 9 heteroatoms. The van der Waals surface area contributed by atoms with Gasteiger partial charge in [-0.05, 0) is 37.9 Å². The first-order valence-corrected chi connectivity index (χ1v) is 8.04. The molecule has 0 spiro atoms. The van der Waals surface area contributed by atoms with Gasteiger partial charge in [0.15, 0.2) is 5.69 Å². The van der Waals surface area contributed by atoms with Gasteiger partial charge >= 0.3 is 6.18 Å². The third-order valence-corrected chi connectivity index (χ3v) is 4.32. The fourth-order valence-electron chi connectivity index (χ4n) is 2.93. The van der Waals surface area contributed by atoms with Crippen LogP contribution >= 0.6 is 0 Å². The van der Waals surface area contributed by atoms with Gasteiger partial charge in [-0.3, -0.25) is 14.3 Å². The SMILES string of the molecule is O=c1cc(C(F)(F)F)ncn1CC1CCN(Cc2ncccn2)CC1. The first-order valence-electron chi connectivity index (χ1n) is 8.04. The van der Waals surface area contributed by atoms with Gasteiger partial charge in [-0.1, -0.05) is 0 Å².